The molecule has 1 N–H and O–H groups in total. The summed E-state index contributed by atoms with van der Waals surface area (Å²) in [5, 5.41) is 3.69. The molecule has 0 atom stereocenters. The lowest BCUT2D eigenvalue weighted by Gasteiger charge is -2.11. The lowest BCUT2D eigenvalue weighted by atomic mass is 10.2. The summed E-state index contributed by atoms with van der Waals surface area (Å²) in [6.45, 7) is 0.608. The second-order valence-electron chi connectivity index (χ2n) is 4.12. The molecule has 2 aromatic rings. The number of benzene rings is 1. The van der Waals surface area contributed by atoms with E-state index < -0.39 is 0 Å². The first-order chi connectivity index (χ1) is 10.2. The largest absolute Gasteiger partial charge is 0.481 e. The average molecular weight is 310 g/mol. The number of nitrogens with zero attached hydrogens (tertiary/aromatic N) is 2. The Morgan fingerprint density at radius 2 is 1.76 bits per heavy atom. The molecule has 21 heavy (non-hydrogen) atoms. The van der Waals surface area contributed by atoms with Gasteiger partial charge in [0.1, 0.15) is 5.75 Å². The number of aromatic nitrogens is 2. The molecule has 0 aliphatic carbocycles. The average Bonchev–Trinajstić information content (AvgIpc) is 2.50. The number of rotatable bonds is 6. The van der Waals surface area contributed by atoms with E-state index in [-0.39, 0.29) is 6.01 Å². The first kappa shape index (κ1) is 15.3. The highest BCUT2D eigenvalue weighted by atomic mass is 35.5. The van der Waals surface area contributed by atoms with Gasteiger partial charge in [-0.1, -0.05) is 11.6 Å². The van der Waals surface area contributed by atoms with E-state index in [9.17, 15) is 0 Å². The molecule has 0 saturated heterocycles. The lowest BCUT2D eigenvalue weighted by Crippen LogP contribution is -2.07. The van der Waals surface area contributed by atoms with Gasteiger partial charge < -0.3 is 19.5 Å². The van der Waals surface area contributed by atoms with Crippen LogP contribution in [0.25, 0.3) is 0 Å². The van der Waals surface area contributed by atoms with Crippen LogP contribution in [-0.4, -0.2) is 31.2 Å². The Balaban J connectivity index is 2.33. The van der Waals surface area contributed by atoms with Crippen molar-refractivity contribution >= 4 is 11.6 Å². The highest BCUT2D eigenvalue weighted by Gasteiger charge is 2.11. The fourth-order valence-corrected chi connectivity index (χ4v) is 1.91. The number of ether oxygens (including phenoxy) is 3. The minimum atomic E-state index is 0.144. The van der Waals surface area contributed by atoms with Crippen molar-refractivity contribution in [1.29, 1.82) is 0 Å². The van der Waals surface area contributed by atoms with Gasteiger partial charge in [0.05, 0.1) is 20.3 Å². The van der Waals surface area contributed by atoms with Crippen LogP contribution in [0.5, 0.6) is 23.5 Å². The topological polar surface area (TPSA) is 65.5 Å². The molecule has 1 aromatic heterocycles. The third kappa shape index (κ3) is 3.96. The standard InChI is InChI=1S/C14H16ClN3O3/c1-16-8-9-6-10(15)4-5-11(9)21-14-17-12(19-2)7-13(18-14)20-3/h4-7,16H,8H2,1-3H3. The van der Waals surface area contributed by atoms with Gasteiger partial charge in [-0.25, -0.2) is 0 Å². The molecule has 0 amide bonds. The van der Waals surface area contributed by atoms with Crippen LogP contribution in [0.1, 0.15) is 5.56 Å². The zero-order valence-corrected chi connectivity index (χ0v) is 12.8. The fourth-order valence-electron chi connectivity index (χ4n) is 1.71. The highest BCUT2D eigenvalue weighted by molar-refractivity contribution is 6.30. The normalized spacial score (nSPS) is 10.3. The summed E-state index contributed by atoms with van der Waals surface area (Å²) in [5.41, 5.74) is 0.899. The highest BCUT2D eigenvalue weighted by Crippen LogP contribution is 2.28. The molecule has 0 bridgehead atoms. The van der Waals surface area contributed by atoms with Gasteiger partial charge in [-0.05, 0) is 25.2 Å². The third-order valence-electron chi connectivity index (χ3n) is 2.67. The zero-order chi connectivity index (χ0) is 15.2. The molecule has 0 spiro atoms. The maximum absolute atomic E-state index is 6.00. The predicted octanol–water partition coefficient (Wildman–Crippen LogP) is 2.66. The predicted molar refractivity (Wildman–Crippen MR) is 79.4 cm³/mol. The molecule has 7 heteroatoms. The molecule has 0 saturated carbocycles. The van der Waals surface area contributed by atoms with Crippen LogP contribution in [0.2, 0.25) is 5.02 Å². The first-order valence-electron chi connectivity index (χ1n) is 6.24. The molecular weight excluding hydrogens is 294 g/mol. The first-order valence-corrected chi connectivity index (χ1v) is 6.62. The van der Waals surface area contributed by atoms with Crippen molar-refractivity contribution in [2.75, 3.05) is 21.3 Å². The Morgan fingerprint density at radius 3 is 2.33 bits per heavy atom. The van der Waals surface area contributed by atoms with Crippen molar-refractivity contribution < 1.29 is 14.2 Å². The van der Waals surface area contributed by atoms with E-state index in [4.69, 9.17) is 25.8 Å². The molecule has 0 aliphatic heterocycles. The lowest BCUT2D eigenvalue weighted by molar-refractivity contribution is 0.347. The maximum atomic E-state index is 6.00. The van der Waals surface area contributed by atoms with Crippen LogP contribution in [0, 0.1) is 0 Å². The smallest absolute Gasteiger partial charge is 0.328 e. The quantitative estimate of drug-likeness (QED) is 0.885. The van der Waals surface area contributed by atoms with Gasteiger partial charge in [0, 0.05) is 17.1 Å². The van der Waals surface area contributed by atoms with Crippen LogP contribution in [0.3, 0.4) is 0 Å². The van der Waals surface area contributed by atoms with Crippen LogP contribution < -0.4 is 19.5 Å². The molecule has 0 radical (unpaired) electrons. The number of hydrogen-bond acceptors (Lipinski definition) is 6. The second-order valence-corrected chi connectivity index (χ2v) is 4.56. The maximum Gasteiger partial charge on any atom is 0.328 e. The van der Waals surface area contributed by atoms with Crippen molar-refractivity contribution in [3.05, 3.63) is 34.9 Å². The summed E-state index contributed by atoms with van der Waals surface area (Å²) in [5.74, 6) is 1.34. The Hall–Kier alpha value is -2.05. The Labute approximate surface area is 128 Å². The van der Waals surface area contributed by atoms with Crippen molar-refractivity contribution in [1.82, 2.24) is 15.3 Å². The van der Waals surface area contributed by atoms with Gasteiger partial charge in [-0.2, -0.15) is 9.97 Å². The van der Waals surface area contributed by atoms with Crippen molar-refractivity contribution in [2.45, 2.75) is 6.54 Å². The summed E-state index contributed by atoms with van der Waals surface area (Å²) >= 11 is 6.00. The molecule has 0 unspecified atom stereocenters. The van der Waals surface area contributed by atoms with E-state index in [0.717, 1.165) is 5.56 Å². The Bertz CT molecular complexity index is 600. The zero-order valence-electron chi connectivity index (χ0n) is 12.0. The van der Waals surface area contributed by atoms with E-state index in [0.29, 0.717) is 29.1 Å². The summed E-state index contributed by atoms with van der Waals surface area (Å²) in [7, 11) is 4.87. The molecule has 112 valence electrons. The van der Waals surface area contributed by atoms with Gasteiger partial charge in [0.2, 0.25) is 11.8 Å². The van der Waals surface area contributed by atoms with Crippen LogP contribution >= 0.6 is 11.6 Å². The third-order valence-corrected chi connectivity index (χ3v) is 2.90. The van der Waals surface area contributed by atoms with E-state index in [1.54, 1.807) is 18.2 Å². The van der Waals surface area contributed by atoms with Crippen molar-refractivity contribution in [3.8, 4) is 23.5 Å². The number of nitrogens with one attached hydrogen (secondary N) is 1. The molecule has 6 nitrogen and oxygen atoms in total. The van der Waals surface area contributed by atoms with Gasteiger partial charge in [-0.15, -0.1) is 0 Å². The number of methoxy groups -OCH3 is 2. The van der Waals surface area contributed by atoms with Gasteiger partial charge >= 0.3 is 6.01 Å². The summed E-state index contributed by atoms with van der Waals surface area (Å²) < 4.78 is 15.9. The van der Waals surface area contributed by atoms with Crippen LogP contribution in [0.4, 0.5) is 0 Å². The van der Waals surface area contributed by atoms with Gasteiger partial charge in [-0.3, -0.25) is 0 Å². The minimum Gasteiger partial charge on any atom is -0.481 e. The number of halogens is 1. The molecule has 0 aliphatic rings. The molecule has 0 fully saturated rings. The second kappa shape index (κ2) is 7.10. The Kier molecular flexibility index (Phi) is 5.19. The van der Waals surface area contributed by atoms with Crippen molar-refractivity contribution in [2.24, 2.45) is 0 Å². The molecule has 2 rings (SSSR count). The minimum absolute atomic E-state index is 0.144. The molecule has 1 heterocycles. The monoisotopic (exact) mass is 309 g/mol. The summed E-state index contributed by atoms with van der Waals surface area (Å²) in [4.78, 5) is 8.26. The fraction of sp³-hybridized carbons (Fsp3) is 0.286. The van der Waals surface area contributed by atoms with E-state index in [1.807, 2.05) is 13.1 Å². The molecular formula is C14H16ClN3O3. The van der Waals surface area contributed by atoms with E-state index in [1.165, 1.54) is 14.2 Å². The van der Waals surface area contributed by atoms with Crippen LogP contribution in [0.15, 0.2) is 24.3 Å². The summed E-state index contributed by atoms with van der Waals surface area (Å²) in [6.07, 6.45) is 0. The number of hydrogen-bond donors (Lipinski definition) is 1. The van der Waals surface area contributed by atoms with E-state index >= 15 is 0 Å². The Morgan fingerprint density at radius 1 is 1.10 bits per heavy atom. The van der Waals surface area contributed by atoms with Crippen molar-refractivity contribution in [3.63, 3.8) is 0 Å². The molecule has 1 aromatic carbocycles. The summed E-state index contributed by atoms with van der Waals surface area (Å²) in [6, 6.07) is 7.05. The van der Waals surface area contributed by atoms with Gasteiger partial charge in [0.15, 0.2) is 0 Å². The van der Waals surface area contributed by atoms with E-state index in [2.05, 4.69) is 15.3 Å². The van der Waals surface area contributed by atoms with Gasteiger partial charge in [0.25, 0.3) is 0 Å². The van der Waals surface area contributed by atoms with Crippen LogP contribution in [-0.2, 0) is 6.54 Å². The SMILES string of the molecule is CNCc1cc(Cl)ccc1Oc1nc(OC)cc(OC)n1.